The molecule has 1 saturated heterocycles. The molecule has 0 amide bonds. The van der Waals surface area contributed by atoms with E-state index in [4.69, 9.17) is 9.47 Å². The van der Waals surface area contributed by atoms with Gasteiger partial charge in [-0.05, 0) is 25.1 Å². The molecule has 1 heterocycles. The molecular weight excluding hydrogens is 268 g/mol. The van der Waals surface area contributed by atoms with Crippen molar-refractivity contribution in [3.63, 3.8) is 0 Å². The normalized spacial score (nSPS) is 18.6. The highest BCUT2D eigenvalue weighted by Crippen LogP contribution is 2.36. The van der Waals surface area contributed by atoms with E-state index in [1.807, 2.05) is 6.07 Å². The van der Waals surface area contributed by atoms with Gasteiger partial charge in [0, 0.05) is 23.6 Å². The van der Waals surface area contributed by atoms with Crippen LogP contribution in [0.25, 0.3) is 0 Å². The highest BCUT2D eigenvalue weighted by molar-refractivity contribution is 5.48. The van der Waals surface area contributed by atoms with Gasteiger partial charge in [0.25, 0.3) is 0 Å². The van der Waals surface area contributed by atoms with Crippen molar-refractivity contribution in [2.75, 3.05) is 27.3 Å². The molecule has 112 valence electrons. The zero-order valence-corrected chi connectivity index (χ0v) is 11.6. The lowest BCUT2D eigenvalue weighted by Gasteiger charge is -2.18. The molecule has 1 aliphatic heterocycles. The molecule has 0 radical (unpaired) electrons. The summed E-state index contributed by atoms with van der Waals surface area (Å²) in [6, 6.07) is 3.58. The van der Waals surface area contributed by atoms with Crippen molar-refractivity contribution >= 4 is 0 Å². The van der Waals surface area contributed by atoms with Crippen molar-refractivity contribution in [2.45, 2.75) is 25.6 Å². The number of nitrogens with one attached hydrogen (secondary N) is 1. The first-order valence-electron chi connectivity index (χ1n) is 6.51. The number of rotatable bonds is 6. The van der Waals surface area contributed by atoms with Gasteiger partial charge in [-0.15, -0.1) is 0 Å². The fourth-order valence-electron chi connectivity index (χ4n) is 2.49. The summed E-state index contributed by atoms with van der Waals surface area (Å²) in [4.78, 5) is 0. The second-order valence-electron chi connectivity index (χ2n) is 4.67. The summed E-state index contributed by atoms with van der Waals surface area (Å²) in [6.45, 7) is -1.16. The summed E-state index contributed by atoms with van der Waals surface area (Å²) < 4.78 is 39.3. The van der Waals surface area contributed by atoms with Gasteiger partial charge in [-0.1, -0.05) is 0 Å². The maximum Gasteiger partial charge on any atom is 0.345 e. The Labute approximate surface area is 117 Å². The van der Waals surface area contributed by atoms with E-state index in [0.717, 1.165) is 25.1 Å². The lowest BCUT2D eigenvalue weighted by Crippen LogP contribution is -2.10. The van der Waals surface area contributed by atoms with Crippen molar-refractivity contribution in [1.82, 2.24) is 5.32 Å². The second kappa shape index (κ2) is 6.85. The molecule has 0 bridgehead atoms. The molecule has 2 rings (SSSR count). The summed E-state index contributed by atoms with van der Waals surface area (Å²) in [7, 11) is 3.09. The molecule has 1 N–H and O–H groups in total. The number of ether oxygens (including phenoxy) is 3. The Bertz CT molecular complexity index is 448. The number of halogens is 2. The quantitative estimate of drug-likeness (QED) is 0.872. The molecule has 6 heteroatoms. The summed E-state index contributed by atoms with van der Waals surface area (Å²) in [5.41, 5.74) is 1.59. The monoisotopic (exact) mass is 287 g/mol. The molecule has 0 saturated carbocycles. The van der Waals surface area contributed by atoms with Crippen molar-refractivity contribution < 1.29 is 23.0 Å². The van der Waals surface area contributed by atoms with Crippen LogP contribution >= 0.6 is 0 Å². The van der Waals surface area contributed by atoms with E-state index < -0.39 is 6.61 Å². The number of hydrogen-bond donors (Lipinski definition) is 1. The minimum Gasteiger partial charge on any atom is -0.496 e. The highest BCUT2D eigenvalue weighted by atomic mass is 19.3. The third-order valence-corrected chi connectivity index (χ3v) is 3.50. The van der Waals surface area contributed by atoms with Gasteiger partial charge in [0.15, 0.2) is 0 Å². The van der Waals surface area contributed by atoms with Crippen LogP contribution in [0.2, 0.25) is 0 Å². The number of hydrogen-bond acceptors (Lipinski definition) is 4. The molecular formula is C14H19F2NO3. The van der Waals surface area contributed by atoms with Gasteiger partial charge >= 0.3 is 6.61 Å². The average Bonchev–Trinajstić information content (AvgIpc) is 2.98. The number of methoxy groups -OCH3 is 2. The summed E-state index contributed by atoms with van der Waals surface area (Å²) >= 11 is 0. The number of alkyl halides is 2. The van der Waals surface area contributed by atoms with E-state index in [2.05, 4.69) is 10.1 Å². The SMILES string of the molecule is COc1cc(C2CCNC2)c(OC)cc1COC(F)F. The highest BCUT2D eigenvalue weighted by Gasteiger charge is 2.22. The molecule has 1 atom stereocenters. The second-order valence-corrected chi connectivity index (χ2v) is 4.67. The maximum atomic E-state index is 12.2. The van der Waals surface area contributed by atoms with Crippen molar-refractivity contribution in [1.29, 1.82) is 0 Å². The van der Waals surface area contributed by atoms with Gasteiger partial charge in [0.2, 0.25) is 0 Å². The first-order chi connectivity index (χ1) is 9.65. The Balaban J connectivity index is 2.29. The molecule has 1 aromatic rings. The molecule has 20 heavy (non-hydrogen) atoms. The molecule has 0 aromatic heterocycles. The molecule has 1 aliphatic rings. The van der Waals surface area contributed by atoms with E-state index in [9.17, 15) is 8.78 Å². The van der Waals surface area contributed by atoms with Crippen LogP contribution in [0, 0.1) is 0 Å². The zero-order valence-electron chi connectivity index (χ0n) is 11.6. The van der Waals surface area contributed by atoms with Gasteiger partial charge < -0.3 is 19.5 Å². The lowest BCUT2D eigenvalue weighted by atomic mass is 9.95. The van der Waals surface area contributed by atoms with Crippen molar-refractivity contribution in [3.8, 4) is 11.5 Å². The first-order valence-corrected chi connectivity index (χ1v) is 6.51. The fourth-order valence-corrected chi connectivity index (χ4v) is 2.49. The van der Waals surface area contributed by atoms with Gasteiger partial charge in [0.1, 0.15) is 11.5 Å². The summed E-state index contributed by atoms with van der Waals surface area (Å²) in [6.07, 6.45) is 1.02. The Morgan fingerprint density at radius 3 is 2.55 bits per heavy atom. The Hall–Kier alpha value is -1.40. The summed E-state index contributed by atoms with van der Waals surface area (Å²) in [5, 5.41) is 3.29. The Morgan fingerprint density at radius 1 is 1.25 bits per heavy atom. The average molecular weight is 287 g/mol. The predicted octanol–water partition coefficient (Wildman–Crippen LogP) is 2.52. The minimum atomic E-state index is -2.80. The standard InChI is InChI=1S/C14H19F2NO3/c1-18-12-6-11(9-3-4-17-7-9)13(19-2)5-10(12)8-20-14(15)16/h5-6,9,14,17H,3-4,7-8H2,1-2H3. The van der Waals surface area contributed by atoms with Crippen LogP contribution in [0.3, 0.4) is 0 Å². The van der Waals surface area contributed by atoms with Crippen LogP contribution in [0.15, 0.2) is 12.1 Å². The predicted molar refractivity (Wildman–Crippen MR) is 70.6 cm³/mol. The van der Waals surface area contributed by atoms with Crippen molar-refractivity contribution in [3.05, 3.63) is 23.3 Å². The molecule has 0 aliphatic carbocycles. The van der Waals surface area contributed by atoms with Crippen molar-refractivity contribution in [2.24, 2.45) is 0 Å². The van der Waals surface area contributed by atoms with Crippen LogP contribution in [0.1, 0.15) is 23.5 Å². The van der Waals surface area contributed by atoms with Crippen LogP contribution < -0.4 is 14.8 Å². The molecule has 1 fully saturated rings. The van der Waals surface area contributed by atoms with E-state index in [1.165, 1.54) is 7.11 Å². The molecule has 1 aromatic carbocycles. The molecule has 4 nitrogen and oxygen atoms in total. The van der Waals surface area contributed by atoms with E-state index in [0.29, 0.717) is 23.0 Å². The van der Waals surface area contributed by atoms with E-state index in [-0.39, 0.29) is 6.61 Å². The Kier molecular flexibility index (Phi) is 5.14. The first kappa shape index (κ1) is 15.0. The summed E-state index contributed by atoms with van der Waals surface area (Å²) in [5.74, 6) is 1.59. The third kappa shape index (κ3) is 3.37. The van der Waals surface area contributed by atoms with Gasteiger partial charge in [-0.3, -0.25) is 0 Å². The van der Waals surface area contributed by atoms with Crippen LogP contribution in [0.4, 0.5) is 8.78 Å². The van der Waals surface area contributed by atoms with Gasteiger partial charge in [-0.2, -0.15) is 8.78 Å². The van der Waals surface area contributed by atoms with Gasteiger partial charge in [-0.25, -0.2) is 0 Å². The van der Waals surface area contributed by atoms with E-state index in [1.54, 1.807) is 13.2 Å². The lowest BCUT2D eigenvalue weighted by molar-refractivity contribution is -0.137. The minimum absolute atomic E-state index is 0.208. The van der Waals surface area contributed by atoms with Crippen LogP contribution in [-0.2, 0) is 11.3 Å². The topological polar surface area (TPSA) is 39.7 Å². The zero-order chi connectivity index (χ0) is 14.5. The smallest absolute Gasteiger partial charge is 0.345 e. The number of benzene rings is 1. The largest absolute Gasteiger partial charge is 0.496 e. The molecule has 0 spiro atoms. The van der Waals surface area contributed by atoms with E-state index >= 15 is 0 Å². The Morgan fingerprint density at radius 2 is 2.00 bits per heavy atom. The third-order valence-electron chi connectivity index (χ3n) is 3.50. The van der Waals surface area contributed by atoms with Crippen LogP contribution in [0.5, 0.6) is 11.5 Å². The maximum absolute atomic E-state index is 12.2. The molecule has 1 unspecified atom stereocenters. The van der Waals surface area contributed by atoms with Gasteiger partial charge in [0.05, 0.1) is 20.8 Å². The fraction of sp³-hybridized carbons (Fsp3) is 0.571. The van der Waals surface area contributed by atoms with Crippen LogP contribution in [-0.4, -0.2) is 33.9 Å².